The van der Waals surface area contributed by atoms with E-state index in [1.165, 1.54) is 6.42 Å². The van der Waals surface area contributed by atoms with Gasteiger partial charge in [0.25, 0.3) is 11.8 Å². The number of benzene rings is 2. The van der Waals surface area contributed by atoms with Gasteiger partial charge in [0.1, 0.15) is 23.7 Å². The Morgan fingerprint density at radius 3 is 2.41 bits per heavy atom. The second kappa shape index (κ2) is 14.8. The van der Waals surface area contributed by atoms with E-state index in [4.69, 9.17) is 27.9 Å². The second-order valence-electron chi connectivity index (χ2n) is 18.5. The number of rotatable bonds is 9. The van der Waals surface area contributed by atoms with Crippen LogP contribution in [-0.4, -0.2) is 101 Å². The molecule has 0 radical (unpaired) electrons. The number of aromatic nitrogens is 1. The van der Waals surface area contributed by atoms with Gasteiger partial charge >= 0.3 is 0 Å². The van der Waals surface area contributed by atoms with Crippen molar-refractivity contribution < 1.29 is 23.9 Å². The summed E-state index contributed by atoms with van der Waals surface area (Å²) in [7, 11) is 0. The highest BCUT2D eigenvalue weighted by atomic mass is 35.5. The van der Waals surface area contributed by atoms with Crippen LogP contribution in [0.5, 0.6) is 5.75 Å². The molecule has 59 heavy (non-hydrogen) atoms. The second-order valence-corrected chi connectivity index (χ2v) is 18.9. The van der Waals surface area contributed by atoms with Crippen LogP contribution in [0.4, 0.5) is 17.2 Å². The van der Waals surface area contributed by atoms with Crippen LogP contribution in [0.2, 0.25) is 5.02 Å². The van der Waals surface area contributed by atoms with Crippen molar-refractivity contribution in [1.82, 2.24) is 25.4 Å². The van der Waals surface area contributed by atoms with Crippen molar-refractivity contribution in [3.05, 3.63) is 87.9 Å². The van der Waals surface area contributed by atoms with Crippen LogP contribution >= 0.6 is 11.6 Å². The third-order valence-electron chi connectivity index (χ3n) is 13.9. The van der Waals surface area contributed by atoms with Gasteiger partial charge in [-0.25, -0.2) is 9.83 Å². The zero-order chi connectivity index (χ0) is 41.4. The molecule has 3 unspecified atom stereocenters. The Labute approximate surface area is 350 Å². The van der Waals surface area contributed by atoms with Gasteiger partial charge in [0.05, 0.1) is 17.2 Å². The Balaban J connectivity index is 0.738. The lowest BCUT2D eigenvalue weighted by Gasteiger charge is -2.63. The van der Waals surface area contributed by atoms with Crippen molar-refractivity contribution in [2.45, 2.75) is 96.6 Å². The van der Waals surface area contributed by atoms with Crippen LogP contribution in [0, 0.1) is 23.3 Å². The summed E-state index contributed by atoms with van der Waals surface area (Å²) in [6, 6.07) is 15.2. The SMILES string of the molecule is [C-]#[N+]c1ccc(OC2C(C)(C)C(NC(=O)c3ccc(N4CCC(CN5CC6CC(C5)N6c5ccc6c(c5)CN(C5CCC(=O)NC5=O)C6=O)CC4)nc3)C2(C)C)cc1Cl. The molecule has 6 aliphatic heterocycles. The molecule has 5 saturated heterocycles. The molecular weight excluding hydrogens is 768 g/mol. The van der Waals surface area contributed by atoms with Gasteiger partial charge in [-0.15, -0.1) is 0 Å². The van der Waals surface area contributed by atoms with Crippen molar-refractivity contribution in [2.75, 3.05) is 42.5 Å². The minimum atomic E-state index is -0.602. The fourth-order valence-electron chi connectivity index (χ4n) is 11.2. The van der Waals surface area contributed by atoms with Gasteiger partial charge in [-0.3, -0.25) is 29.4 Å². The number of amides is 4. The number of nitrogens with one attached hydrogen (secondary N) is 2. The molecule has 14 heteroatoms. The summed E-state index contributed by atoms with van der Waals surface area (Å²) in [5.74, 6) is 1.17. The molecule has 13 nitrogen and oxygen atoms in total. The van der Waals surface area contributed by atoms with Crippen molar-refractivity contribution in [2.24, 2.45) is 16.7 Å². The zero-order valence-corrected chi connectivity index (χ0v) is 34.8. The summed E-state index contributed by atoms with van der Waals surface area (Å²) in [5, 5.41) is 6.01. The molecule has 1 saturated carbocycles. The monoisotopic (exact) mass is 818 g/mol. The fourth-order valence-corrected chi connectivity index (χ4v) is 11.4. The summed E-state index contributed by atoms with van der Waals surface area (Å²) < 4.78 is 6.39. The topological polar surface area (TPSA) is 132 Å². The number of carbonyl (C=O) groups is 4. The predicted octanol–water partition coefficient (Wildman–Crippen LogP) is 5.84. The van der Waals surface area contributed by atoms with Crippen molar-refractivity contribution in [3.63, 3.8) is 0 Å². The highest BCUT2D eigenvalue weighted by Gasteiger charge is 2.64. The molecule has 308 valence electrons. The van der Waals surface area contributed by atoms with Crippen molar-refractivity contribution in [3.8, 4) is 5.75 Å². The Kier molecular flexibility index (Phi) is 9.87. The van der Waals surface area contributed by atoms with Crippen LogP contribution in [0.3, 0.4) is 0 Å². The maximum atomic E-state index is 13.5. The molecule has 2 aromatic carbocycles. The first-order valence-corrected chi connectivity index (χ1v) is 21.2. The van der Waals surface area contributed by atoms with Crippen molar-refractivity contribution in [1.29, 1.82) is 0 Å². The number of ether oxygens (including phenoxy) is 1. The van der Waals surface area contributed by atoms with Crippen molar-refractivity contribution >= 4 is 52.4 Å². The molecule has 2 N–H and O–H groups in total. The number of piperazine rings is 1. The molecule has 3 atom stereocenters. The number of halogens is 1. The summed E-state index contributed by atoms with van der Waals surface area (Å²) in [6.45, 7) is 21.0. The van der Waals surface area contributed by atoms with Gasteiger partial charge in [0.15, 0.2) is 0 Å². The first kappa shape index (κ1) is 39.3. The van der Waals surface area contributed by atoms with Gasteiger partial charge in [-0.2, -0.15) is 0 Å². The van der Waals surface area contributed by atoms with E-state index in [1.807, 2.05) is 18.2 Å². The number of pyridine rings is 1. The minimum absolute atomic E-state index is 0.133. The Morgan fingerprint density at radius 2 is 1.75 bits per heavy atom. The van der Waals surface area contributed by atoms with E-state index >= 15 is 0 Å². The number of fused-ring (bicyclic) bond motifs is 3. The molecular formula is C45H51ClN8O5. The van der Waals surface area contributed by atoms with Gasteiger partial charge in [0, 0.05) is 92.1 Å². The normalized spacial score (nSPS) is 27.3. The number of imide groups is 1. The lowest BCUT2D eigenvalue weighted by molar-refractivity contribution is -0.164. The molecule has 4 amide bonds. The lowest BCUT2D eigenvalue weighted by atomic mass is 9.49. The summed E-state index contributed by atoms with van der Waals surface area (Å²) >= 11 is 6.26. The Bertz CT molecular complexity index is 2220. The van der Waals surface area contributed by atoms with Crippen LogP contribution in [0.25, 0.3) is 4.85 Å². The minimum Gasteiger partial charge on any atom is -0.489 e. The lowest BCUT2D eigenvalue weighted by Crippen LogP contribution is -2.74. The van der Waals surface area contributed by atoms with E-state index < -0.39 is 6.04 Å². The number of hydrogen-bond donors (Lipinski definition) is 2. The van der Waals surface area contributed by atoms with Crippen LogP contribution in [0.15, 0.2) is 54.7 Å². The standard InChI is InChI=1S/C45H51ClN8O5/c1-44(2)42(45(3,4)43(44)59-32-8-10-35(47-5)34(46)20-32)50-39(56)27-6-12-37(48-21-27)52-16-14-26(15-17-52)22-51-24-30-19-31(25-51)54(30)29-7-9-33-28(18-29)23-53(41(33)58)36-11-13-38(55)49-40(36)57/h6-10,12,18,20-21,26,30-31,36,42-43H,11,13-17,19,22-25H2,1-4H3,(H,50,56)(H,49,55,57). The van der Waals surface area contributed by atoms with Gasteiger partial charge in [0.2, 0.25) is 17.5 Å². The Hall–Kier alpha value is -5.19. The van der Waals surface area contributed by atoms with Gasteiger partial charge in [-0.05, 0) is 79.6 Å². The number of anilines is 2. The van der Waals surface area contributed by atoms with E-state index in [2.05, 4.69) is 70.0 Å². The van der Waals surface area contributed by atoms with E-state index in [9.17, 15) is 19.2 Å². The Morgan fingerprint density at radius 1 is 1.00 bits per heavy atom. The molecule has 2 bridgehead atoms. The van der Waals surface area contributed by atoms with Crippen LogP contribution in [-0.2, 0) is 16.1 Å². The first-order valence-electron chi connectivity index (χ1n) is 20.8. The smallest absolute Gasteiger partial charge is 0.255 e. The third-order valence-corrected chi connectivity index (χ3v) is 14.3. The molecule has 3 aromatic rings. The maximum Gasteiger partial charge on any atom is 0.255 e. The van der Waals surface area contributed by atoms with Crippen LogP contribution in [0.1, 0.15) is 86.1 Å². The molecule has 10 rings (SSSR count). The summed E-state index contributed by atoms with van der Waals surface area (Å²) in [4.78, 5) is 68.1. The number of carbonyl (C=O) groups excluding carboxylic acids is 4. The maximum absolute atomic E-state index is 13.5. The largest absolute Gasteiger partial charge is 0.489 e. The number of hydrogen-bond acceptors (Lipinski definition) is 9. The first-order chi connectivity index (χ1) is 28.2. The molecule has 0 spiro atoms. The molecule has 6 fully saturated rings. The molecule has 7 heterocycles. The van der Waals surface area contributed by atoms with E-state index in [1.54, 1.807) is 29.3 Å². The highest BCUT2D eigenvalue weighted by Crippen LogP contribution is 2.56. The summed E-state index contributed by atoms with van der Waals surface area (Å²) in [6.07, 6.45) is 5.48. The third kappa shape index (κ3) is 6.97. The van der Waals surface area contributed by atoms with Crippen LogP contribution < -0.4 is 25.2 Å². The zero-order valence-electron chi connectivity index (χ0n) is 34.0. The fraction of sp³-hybridized carbons (Fsp3) is 0.511. The number of nitrogens with zero attached hydrogens (tertiary/aromatic N) is 6. The highest BCUT2D eigenvalue weighted by molar-refractivity contribution is 6.33. The molecule has 1 aromatic heterocycles. The summed E-state index contributed by atoms with van der Waals surface area (Å²) in [5.41, 5.74) is 2.96. The predicted molar refractivity (Wildman–Crippen MR) is 224 cm³/mol. The van der Waals surface area contributed by atoms with Gasteiger partial charge < -0.3 is 24.8 Å². The van der Waals surface area contributed by atoms with E-state index in [0.717, 1.165) is 62.6 Å². The number of piperidine rings is 3. The quantitative estimate of drug-likeness (QED) is 0.202. The average molecular weight is 819 g/mol. The van der Waals surface area contributed by atoms with Gasteiger partial charge in [-0.1, -0.05) is 45.4 Å². The van der Waals surface area contributed by atoms with E-state index in [0.29, 0.717) is 58.6 Å². The average Bonchev–Trinajstić information content (AvgIpc) is 3.53. The van der Waals surface area contributed by atoms with E-state index in [-0.39, 0.29) is 53.0 Å². The molecule has 1 aliphatic carbocycles. The molecule has 7 aliphatic rings.